The van der Waals surface area contributed by atoms with Gasteiger partial charge < -0.3 is 10.4 Å². The van der Waals surface area contributed by atoms with Crippen LogP contribution in [0.25, 0.3) is 0 Å². The lowest BCUT2D eigenvalue weighted by atomic mass is 10.2. The SMILES string of the molecule is CC(=O)N1CC(Nc2ccc(C(=O)O)cc2)=CC1=O. The fraction of sp³-hybridized carbons (Fsp3) is 0.154. The molecule has 19 heavy (non-hydrogen) atoms. The first-order chi connectivity index (χ1) is 8.97. The number of hydrogen-bond acceptors (Lipinski definition) is 4. The van der Waals surface area contributed by atoms with Gasteiger partial charge >= 0.3 is 5.97 Å². The summed E-state index contributed by atoms with van der Waals surface area (Å²) >= 11 is 0. The maximum atomic E-state index is 11.5. The highest BCUT2D eigenvalue weighted by atomic mass is 16.4. The van der Waals surface area contributed by atoms with Gasteiger partial charge in [0.15, 0.2) is 0 Å². The number of carbonyl (C=O) groups is 3. The van der Waals surface area contributed by atoms with Crippen molar-refractivity contribution in [2.24, 2.45) is 0 Å². The highest BCUT2D eigenvalue weighted by molar-refractivity contribution is 6.03. The summed E-state index contributed by atoms with van der Waals surface area (Å²) in [4.78, 5) is 34.4. The van der Waals surface area contributed by atoms with E-state index in [1.807, 2.05) is 0 Å². The van der Waals surface area contributed by atoms with Crippen LogP contribution in [0.3, 0.4) is 0 Å². The van der Waals surface area contributed by atoms with E-state index in [1.54, 1.807) is 12.1 Å². The fourth-order valence-corrected chi connectivity index (χ4v) is 1.74. The van der Waals surface area contributed by atoms with Gasteiger partial charge in [0.05, 0.1) is 12.1 Å². The molecule has 6 nitrogen and oxygen atoms in total. The van der Waals surface area contributed by atoms with Crippen LogP contribution in [0.5, 0.6) is 0 Å². The van der Waals surface area contributed by atoms with Gasteiger partial charge in [-0.25, -0.2) is 4.79 Å². The summed E-state index contributed by atoms with van der Waals surface area (Å²) in [6.45, 7) is 1.53. The average Bonchev–Trinajstić information content (AvgIpc) is 2.71. The zero-order chi connectivity index (χ0) is 14.0. The Morgan fingerprint density at radius 1 is 1.26 bits per heavy atom. The maximum absolute atomic E-state index is 11.5. The first kappa shape index (κ1) is 12.8. The lowest BCUT2D eigenvalue weighted by Crippen LogP contribution is -2.31. The maximum Gasteiger partial charge on any atom is 0.335 e. The first-order valence-electron chi connectivity index (χ1n) is 5.60. The summed E-state index contributed by atoms with van der Waals surface area (Å²) in [6.07, 6.45) is 1.35. The van der Waals surface area contributed by atoms with Crippen LogP contribution in [0.2, 0.25) is 0 Å². The Balaban J connectivity index is 2.07. The number of carboxylic acids is 1. The second-order valence-electron chi connectivity index (χ2n) is 4.12. The molecular weight excluding hydrogens is 248 g/mol. The van der Waals surface area contributed by atoms with Gasteiger partial charge in [-0.05, 0) is 24.3 Å². The van der Waals surface area contributed by atoms with E-state index in [0.29, 0.717) is 11.4 Å². The van der Waals surface area contributed by atoms with Gasteiger partial charge in [-0.2, -0.15) is 0 Å². The van der Waals surface area contributed by atoms with Crippen molar-refractivity contribution in [2.45, 2.75) is 6.92 Å². The van der Waals surface area contributed by atoms with Crippen molar-refractivity contribution in [1.82, 2.24) is 4.90 Å². The van der Waals surface area contributed by atoms with Crippen molar-refractivity contribution in [1.29, 1.82) is 0 Å². The van der Waals surface area contributed by atoms with Crippen LogP contribution in [0.1, 0.15) is 17.3 Å². The second-order valence-corrected chi connectivity index (χ2v) is 4.12. The van der Waals surface area contributed by atoms with E-state index in [0.717, 1.165) is 4.90 Å². The number of carboxylic acid groups (broad SMARTS) is 1. The number of benzene rings is 1. The molecule has 2 N–H and O–H groups in total. The van der Waals surface area contributed by atoms with Gasteiger partial charge in [0.2, 0.25) is 5.91 Å². The van der Waals surface area contributed by atoms with Crippen LogP contribution in [0.15, 0.2) is 36.0 Å². The van der Waals surface area contributed by atoms with Crippen molar-refractivity contribution >= 4 is 23.5 Å². The summed E-state index contributed by atoms with van der Waals surface area (Å²) < 4.78 is 0. The Labute approximate surface area is 109 Å². The van der Waals surface area contributed by atoms with Crippen LogP contribution < -0.4 is 5.32 Å². The molecule has 0 fully saturated rings. The number of nitrogens with zero attached hydrogens (tertiary/aromatic N) is 1. The molecule has 0 unspecified atom stereocenters. The molecule has 0 radical (unpaired) electrons. The molecule has 1 aromatic carbocycles. The van der Waals surface area contributed by atoms with E-state index < -0.39 is 5.97 Å². The number of nitrogens with one attached hydrogen (secondary N) is 1. The Kier molecular flexibility index (Phi) is 3.33. The summed E-state index contributed by atoms with van der Waals surface area (Å²) in [5, 5.41) is 11.7. The molecule has 98 valence electrons. The Bertz CT molecular complexity index is 575. The molecule has 1 aliphatic heterocycles. The van der Waals surface area contributed by atoms with E-state index >= 15 is 0 Å². The number of rotatable bonds is 3. The van der Waals surface area contributed by atoms with Crippen LogP contribution in [-0.4, -0.2) is 34.3 Å². The average molecular weight is 260 g/mol. The summed E-state index contributed by atoms with van der Waals surface area (Å²) in [5.74, 6) is -1.65. The third-order valence-electron chi connectivity index (χ3n) is 2.71. The molecule has 2 rings (SSSR count). The van der Waals surface area contributed by atoms with E-state index in [-0.39, 0.29) is 23.9 Å². The normalized spacial score (nSPS) is 14.3. The monoisotopic (exact) mass is 260 g/mol. The zero-order valence-electron chi connectivity index (χ0n) is 10.2. The zero-order valence-corrected chi connectivity index (χ0v) is 10.2. The molecule has 0 bridgehead atoms. The summed E-state index contributed by atoms with van der Waals surface area (Å²) in [6, 6.07) is 6.13. The van der Waals surface area contributed by atoms with Gasteiger partial charge in [-0.15, -0.1) is 0 Å². The van der Waals surface area contributed by atoms with Crippen molar-refractivity contribution in [2.75, 3.05) is 11.9 Å². The molecule has 0 saturated heterocycles. The minimum Gasteiger partial charge on any atom is -0.478 e. The van der Waals surface area contributed by atoms with Crippen LogP contribution in [-0.2, 0) is 9.59 Å². The molecule has 1 aromatic rings. The number of anilines is 1. The van der Waals surface area contributed by atoms with E-state index in [9.17, 15) is 14.4 Å². The molecule has 1 aliphatic rings. The Hall–Kier alpha value is -2.63. The minimum absolute atomic E-state index is 0.187. The lowest BCUT2D eigenvalue weighted by molar-refractivity contribution is -0.138. The predicted molar refractivity (Wildman–Crippen MR) is 67.5 cm³/mol. The molecule has 2 amide bonds. The third-order valence-corrected chi connectivity index (χ3v) is 2.71. The topological polar surface area (TPSA) is 86.7 Å². The highest BCUT2D eigenvalue weighted by Gasteiger charge is 2.24. The molecule has 6 heteroatoms. The second kappa shape index (κ2) is 4.93. The van der Waals surface area contributed by atoms with Crippen LogP contribution in [0.4, 0.5) is 5.69 Å². The van der Waals surface area contributed by atoms with Crippen LogP contribution >= 0.6 is 0 Å². The van der Waals surface area contributed by atoms with E-state index in [4.69, 9.17) is 5.11 Å². The van der Waals surface area contributed by atoms with Crippen molar-refractivity contribution < 1.29 is 19.5 Å². The lowest BCUT2D eigenvalue weighted by Gasteiger charge is -2.12. The molecule has 0 aliphatic carbocycles. The number of imide groups is 1. The largest absolute Gasteiger partial charge is 0.478 e. The predicted octanol–water partition coefficient (Wildman–Crippen LogP) is 1.07. The fourth-order valence-electron chi connectivity index (χ4n) is 1.74. The minimum atomic E-state index is -0.996. The van der Waals surface area contributed by atoms with Gasteiger partial charge in [0.1, 0.15) is 0 Å². The number of hydrogen-bond donors (Lipinski definition) is 2. The molecular formula is C13H12N2O4. The third kappa shape index (κ3) is 2.79. The Morgan fingerprint density at radius 2 is 1.89 bits per heavy atom. The van der Waals surface area contributed by atoms with Gasteiger partial charge in [-0.1, -0.05) is 0 Å². The smallest absolute Gasteiger partial charge is 0.335 e. The quantitative estimate of drug-likeness (QED) is 0.848. The standard InChI is InChI=1S/C13H12N2O4/c1-8(16)15-7-11(6-12(15)17)14-10-4-2-9(3-5-10)13(18)19/h2-6,14H,7H2,1H3,(H,18,19). The molecule has 0 atom stereocenters. The molecule has 0 spiro atoms. The highest BCUT2D eigenvalue weighted by Crippen LogP contribution is 2.16. The Morgan fingerprint density at radius 3 is 2.37 bits per heavy atom. The number of aromatic carboxylic acids is 1. The molecule has 0 saturated carbocycles. The van der Waals surface area contributed by atoms with Gasteiger partial charge in [0, 0.05) is 24.4 Å². The van der Waals surface area contributed by atoms with Crippen LogP contribution in [0, 0.1) is 0 Å². The van der Waals surface area contributed by atoms with E-state index in [2.05, 4.69) is 5.32 Å². The first-order valence-corrected chi connectivity index (χ1v) is 5.60. The van der Waals surface area contributed by atoms with Gasteiger partial charge in [0.25, 0.3) is 5.91 Å². The van der Waals surface area contributed by atoms with Crippen molar-refractivity contribution in [3.05, 3.63) is 41.6 Å². The number of amides is 2. The summed E-state index contributed by atoms with van der Waals surface area (Å²) in [5.41, 5.74) is 1.45. The van der Waals surface area contributed by atoms with Gasteiger partial charge in [-0.3, -0.25) is 14.5 Å². The molecule has 0 aromatic heterocycles. The van der Waals surface area contributed by atoms with Crippen molar-refractivity contribution in [3.63, 3.8) is 0 Å². The van der Waals surface area contributed by atoms with E-state index in [1.165, 1.54) is 25.1 Å². The van der Waals surface area contributed by atoms with Crippen molar-refractivity contribution in [3.8, 4) is 0 Å². The molecule has 1 heterocycles. The number of carbonyl (C=O) groups excluding carboxylic acids is 2. The summed E-state index contributed by atoms with van der Waals surface area (Å²) in [7, 11) is 0.